The summed E-state index contributed by atoms with van der Waals surface area (Å²) in [6.45, 7) is 5.13. The van der Waals surface area contributed by atoms with Gasteiger partial charge in [0.2, 0.25) is 0 Å². The van der Waals surface area contributed by atoms with Crippen LogP contribution in [0, 0.1) is 0 Å². The molecule has 156 valence electrons. The van der Waals surface area contributed by atoms with Crippen molar-refractivity contribution in [3.05, 3.63) is 54.1 Å². The van der Waals surface area contributed by atoms with Crippen molar-refractivity contribution < 1.29 is 17.9 Å². The molecular weight excluding hydrogens is 406 g/mol. The molecule has 0 amide bonds. The Balaban J connectivity index is 1.77. The topological polar surface area (TPSA) is 63.7 Å². The number of para-hydroxylation sites is 1. The number of fused-ring (bicyclic) bond motifs is 1. The maximum atomic E-state index is 12.3. The van der Waals surface area contributed by atoms with E-state index >= 15 is 0 Å². The average Bonchev–Trinajstić information content (AvgIpc) is 2.75. The predicted octanol–water partition coefficient (Wildman–Crippen LogP) is 4.30. The number of hydrogen-bond donors (Lipinski definition) is 0. The van der Waals surface area contributed by atoms with E-state index < -0.39 is 14.6 Å². The predicted molar refractivity (Wildman–Crippen MR) is 117 cm³/mol. The maximum Gasteiger partial charge on any atom is 0.322 e. The van der Waals surface area contributed by atoms with Crippen molar-refractivity contribution in [3.63, 3.8) is 0 Å². The first-order valence-electron chi connectivity index (χ1n) is 9.78. The van der Waals surface area contributed by atoms with E-state index in [0.717, 1.165) is 16.1 Å². The molecule has 1 heterocycles. The van der Waals surface area contributed by atoms with Crippen LogP contribution in [0.1, 0.15) is 32.3 Å². The van der Waals surface area contributed by atoms with Crippen LogP contribution < -0.4 is 4.90 Å². The molecule has 2 aromatic carbocycles. The van der Waals surface area contributed by atoms with Crippen LogP contribution in [0.2, 0.25) is 0 Å². The second-order valence-corrected chi connectivity index (χ2v) is 10.7. The molecule has 0 saturated carbocycles. The summed E-state index contributed by atoms with van der Waals surface area (Å²) in [5.41, 5.74) is 1.86. The van der Waals surface area contributed by atoms with Crippen LogP contribution in [-0.2, 0) is 25.9 Å². The van der Waals surface area contributed by atoms with Gasteiger partial charge in [0.1, 0.15) is 4.75 Å². The fourth-order valence-corrected chi connectivity index (χ4v) is 6.29. The summed E-state index contributed by atoms with van der Waals surface area (Å²) in [6.07, 6.45) is 1.39. The molecule has 7 heteroatoms. The van der Waals surface area contributed by atoms with Crippen LogP contribution in [0.4, 0.5) is 5.69 Å². The van der Waals surface area contributed by atoms with E-state index in [2.05, 4.69) is 4.90 Å². The van der Waals surface area contributed by atoms with Crippen molar-refractivity contribution in [2.45, 2.75) is 47.8 Å². The molecule has 0 aromatic heterocycles. The Bertz CT molecular complexity index is 967. The van der Waals surface area contributed by atoms with E-state index in [1.54, 1.807) is 23.9 Å². The van der Waals surface area contributed by atoms with Crippen molar-refractivity contribution in [2.24, 2.45) is 0 Å². The Labute approximate surface area is 177 Å². The van der Waals surface area contributed by atoms with E-state index in [1.807, 2.05) is 50.2 Å². The molecule has 3 rings (SSSR count). The SMILES string of the molecule is CCC(CC)(Sc1ccc(CN2CCS(=O)(=O)c3ccccc32)cc1)C(=O)OC. The molecule has 2 aromatic rings. The van der Waals surface area contributed by atoms with Crippen molar-refractivity contribution in [2.75, 3.05) is 24.3 Å². The summed E-state index contributed by atoms with van der Waals surface area (Å²) < 4.78 is 29.1. The van der Waals surface area contributed by atoms with Gasteiger partial charge >= 0.3 is 5.97 Å². The molecule has 1 aliphatic heterocycles. The van der Waals surface area contributed by atoms with Gasteiger partial charge in [0.25, 0.3) is 0 Å². The van der Waals surface area contributed by atoms with Crippen molar-refractivity contribution >= 4 is 33.3 Å². The number of esters is 1. The lowest BCUT2D eigenvalue weighted by atomic mass is 10.0. The highest BCUT2D eigenvalue weighted by Crippen LogP contribution is 2.39. The van der Waals surface area contributed by atoms with E-state index in [-0.39, 0.29) is 11.7 Å². The van der Waals surface area contributed by atoms with E-state index in [0.29, 0.717) is 30.8 Å². The summed E-state index contributed by atoms with van der Waals surface area (Å²) in [5.74, 6) is -0.0604. The molecule has 0 atom stereocenters. The second kappa shape index (κ2) is 8.79. The molecule has 0 N–H and O–H groups in total. The number of anilines is 1. The minimum atomic E-state index is -3.20. The summed E-state index contributed by atoms with van der Waals surface area (Å²) in [6, 6.07) is 15.3. The molecule has 0 aliphatic carbocycles. The summed E-state index contributed by atoms with van der Waals surface area (Å²) in [4.78, 5) is 15.8. The molecule has 0 radical (unpaired) electrons. The first kappa shape index (κ1) is 21.7. The van der Waals surface area contributed by atoms with Gasteiger partial charge in [-0.25, -0.2) is 8.42 Å². The molecule has 0 bridgehead atoms. The quantitative estimate of drug-likeness (QED) is 0.479. The first-order chi connectivity index (χ1) is 13.8. The lowest BCUT2D eigenvalue weighted by Gasteiger charge is -2.31. The van der Waals surface area contributed by atoms with E-state index in [4.69, 9.17) is 4.74 Å². The molecule has 0 saturated heterocycles. The normalized spacial score (nSPS) is 15.6. The van der Waals surface area contributed by atoms with Gasteiger partial charge in [-0.05, 0) is 42.7 Å². The number of sulfone groups is 1. The van der Waals surface area contributed by atoms with Gasteiger partial charge in [-0.1, -0.05) is 38.1 Å². The lowest BCUT2D eigenvalue weighted by molar-refractivity contribution is -0.143. The Kier molecular flexibility index (Phi) is 6.58. The van der Waals surface area contributed by atoms with Crippen LogP contribution in [0.15, 0.2) is 58.3 Å². The molecule has 29 heavy (non-hydrogen) atoms. The van der Waals surface area contributed by atoms with Crippen LogP contribution >= 0.6 is 11.8 Å². The van der Waals surface area contributed by atoms with Gasteiger partial charge in [-0.3, -0.25) is 4.79 Å². The Hall–Kier alpha value is -1.99. The Morgan fingerprint density at radius 1 is 1.10 bits per heavy atom. The highest BCUT2D eigenvalue weighted by molar-refractivity contribution is 8.01. The number of carbonyl (C=O) groups excluding carboxylic acids is 1. The lowest BCUT2D eigenvalue weighted by Crippen LogP contribution is -2.35. The number of thioether (sulfide) groups is 1. The summed E-state index contributed by atoms with van der Waals surface area (Å²) in [7, 11) is -1.77. The number of ether oxygens (including phenoxy) is 1. The number of benzene rings is 2. The number of methoxy groups -OCH3 is 1. The van der Waals surface area contributed by atoms with Gasteiger partial charge in [0.15, 0.2) is 9.84 Å². The van der Waals surface area contributed by atoms with Gasteiger partial charge in [0, 0.05) is 18.0 Å². The van der Waals surface area contributed by atoms with Crippen molar-refractivity contribution in [1.82, 2.24) is 0 Å². The third kappa shape index (κ3) is 4.46. The van der Waals surface area contributed by atoms with Crippen LogP contribution in [0.5, 0.6) is 0 Å². The molecular formula is C22H27NO4S2. The zero-order valence-corrected chi connectivity index (χ0v) is 18.7. The summed E-state index contributed by atoms with van der Waals surface area (Å²) in [5, 5.41) is 0. The number of nitrogens with zero attached hydrogens (tertiary/aromatic N) is 1. The maximum absolute atomic E-state index is 12.3. The highest BCUT2D eigenvalue weighted by atomic mass is 32.2. The van der Waals surface area contributed by atoms with Gasteiger partial charge in [-0.2, -0.15) is 0 Å². The van der Waals surface area contributed by atoms with Gasteiger partial charge < -0.3 is 9.64 Å². The van der Waals surface area contributed by atoms with Gasteiger partial charge in [0.05, 0.1) is 23.4 Å². The average molecular weight is 434 g/mol. The molecule has 0 unspecified atom stereocenters. The highest BCUT2D eigenvalue weighted by Gasteiger charge is 2.37. The minimum Gasteiger partial charge on any atom is -0.468 e. The smallest absolute Gasteiger partial charge is 0.322 e. The third-order valence-electron chi connectivity index (χ3n) is 5.48. The van der Waals surface area contributed by atoms with Crippen molar-refractivity contribution in [1.29, 1.82) is 0 Å². The molecule has 1 aliphatic rings. The zero-order chi connectivity index (χ0) is 21.1. The fourth-order valence-electron chi connectivity index (χ4n) is 3.63. The molecule has 5 nitrogen and oxygen atoms in total. The zero-order valence-electron chi connectivity index (χ0n) is 17.1. The van der Waals surface area contributed by atoms with Crippen molar-refractivity contribution in [3.8, 4) is 0 Å². The van der Waals surface area contributed by atoms with Crippen LogP contribution in [0.3, 0.4) is 0 Å². The van der Waals surface area contributed by atoms with Crippen LogP contribution in [-0.4, -0.2) is 38.5 Å². The fraction of sp³-hybridized carbons (Fsp3) is 0.409. The minimum absolute atomic E-state index is 0.132. The van der Waals surface area contributed by atoms with Gasteiger partial charge in [-0.15, -0.1) is 11.8 Å². The number of rotatable bonds is 7. The number of hydrogen-bond acceptors (Lipinski definition) is 6. The molecule has 0 fully saturated rings. The Morgan fingerprint density at radius 2 is 1.76 bits per heavy atom. The van der Waals surface area contributed by atoms with E-state index in [1.165, 1.54) is 7.11 Å². The monoisotopic (exact) mass is 433 g/mol. The first-order valence-corrected chi connectivity index (χ1v) is 12.2. The molecule has 0 spiro atoms. The number of carbonyl (C=O) groups is 1. The Morgan fingerprint density at radius 3 is 2.38 bits per heavy atom. The standard InChI is InChI=1S/C22H27NO4S2/c1-4-22(5-2,21(24)27-3)28-18-12-10-17(11-13-18)16-23-14-15-29(25,26)20-9-7-6-8-19(20)23/h6-13H,4-5,14-16H2,1-3H3. The third-order valence-corrected chi connectivity index (χ3v) is 8.86. The van der Waals surface area contributed by atoms with E-state index in [9.17, 15) is 13.2 Å². The summed E-state index contributed by atoms with van der Waals surface area (Å²) >= 11 is 1.54. The second-order valence-electron chi connectivity index (χ2n) is 7.15. The largest absolute Gasteiger partial charge is 0.468 e. The van der Waals surface area contributed by atoms with Crippen LogP contribution in [0.25, 0.3) is 0 Å².